The Bertz CT molecular complexity index is 336. The van der Waals surface area contributed by atoms with Gasteiger partial charge in [0.2, 0.25) is 0 Å². The van der Waals surface area contributed by atoms with Gasteiger partial charge in [-0.25, -0.2) is 4.39 Å². The van der Waals surface area contributed by atoms with Crippen LogP contribution in [0.25, 0.3) is 0 Å². The van der Waals surface area contributed by atoms with Gasteiger partial charge in [0.15, 0.2) is 0 Å². The molecule has 0 spiro atoms. The molecule has 0 aliphatic rings. The van der Waals surface area contributed by atoms with Crippen LogP contribution in [0.3, 0.4) is 0 Å². The summed E-state index contributed by atoms with van der Waals surface area (Å²) in [6.07, 6.45) is 1.86. The third-order valence-corrected chi connectivity index (χ3v) is 1.87. The third kappa shape index (κ3) is 3.95. The molecule has 2 heteroatoms. The predicted molar refractivity (Wildman–Crippen MR) is 56.2 cm³/mol. The van der Waals surface area contributed by atoms with Crippen molar-refractivity contribution in [3.05, 3.63) is 35.6 Å². The quantitative estimate of drug-likeness (QED) is 0.437. The molecule has 0 saturated carbocycles. The molecule has 0 atom stereocenters. The molecular formula is C12H14FN. The fourth-order valence-corrected chi connectivity index (χ4v) is 1.22. The van der Waals surface area contributed by atoms with Gasteiger partial charge in [-0.05, 0) is 37.5 Å². The molecule has 0 fully saturated rings. The predicted octanol–water partition coefficient (Wildman–Crippen LogP) is 2.33. The largest absolute Gasteiger partial charge is 0.346 e. The first kappa shape index (κ1) is 10.6. The smallest absolute Gasteiger partial charge is 0.123 e. The summed E-state index contributed by atoms with van der Waals surface area (Å²) in [6, 6.07) is 9.49. The van der Waals surface area contributed by atoms with Crippen molar-refractivity contribution in [3.8, 4) is 12.0 Å². The van der Waals surface area contributed by atoms with Crippen LogP contribution in [0, 0.1) is 17.8 Å². The summed E-state index contributed by atoms with van der Waals surface area (Å²) in [5.41, 5.74) is 1.04. The van der Waals surface area contributed by atoms with Crippen molar-refractivity contribution in [2.24, 2.45) is 0 Å². The maximum atomic E-state index is 12.8. The minimum Gasteiger partial charge on any atom is -0.346 e. The summed E-state index contributed by atoms with van der Waals surface area (Å²) in [7, 11) is 0. The van der Waals surface area contributed by atoms with Crippen LogP contribution in [0.5, 0.6) is 0 Å². The van der Waals surface area contributed by atoms with Crippen LogP contribution in [-0.2, 0) is 6.42 Å². The van der Waals surface area contributed by atoms with Crippen LogP contribution in [0.1, 0.15) is 18.9 Å². The molecule has 1 N–H and O–H groups in total. The summed E-state index contributed by atoms with van der Waals surface area (Å²) in [6.45, 7) is 2.64. The molecule has 0 saturated heterocycles. The molecule has 0 aliphatic heterocycles. The van der Waals surface area contributed by atoms with Crippen molar-refractivity contribution in [2.45, 2.75) is 19.8 Å². The van der Waals surface area contributed by atoms with E-state index in [2.05, 4.69) is 17.3 Å². The Morgan fingerprint density at radius 3 is 3.00 bits per heavy atom. The topological polar surface area (TPSA) is 12.0 Å². The van der Waals surface area contributed by atoms with E-state index in [9.17, 15) is 4.39 Å². The van der Waals surface area contributed by atoms with Gasteiger partial charge in [-0.1, -0.05) is 18.1 Å². The maximum Gasteiger partial charge on any atom is 0.123 e. The Labute approximate surface area is 84.3 Å². The Kier molecular flexibility index (Phi) is 4.57. The molecule has 0 bridgehead atoms. The molecule has 1 aromatic carbocycles. The Morgan fingerprint density at radius 1 is 1.43 bits per heavy atom. The van der Waals surface area contributed by atoms with Crippen molar-refractivity contribution in [3.63, 3.8) is 0 Å². The van der Waals surface area contributed by atoms with Crippen LogP contribution in [-0.4, -0.2) is 6.54 Å². The average Bonchev–Trinajstić information content (AvgIpc) is 2.18. The van der Waals surface area contributed by atoms with E-state index in [-0.39, 0.29) is 5.82 Å². The first-order chi connectivity index (χ1) is 6.83. The lowest BCUT2D eigenvalue weighted by atomic mass is 10.1. The van der Waals surface area contributed by atoms with Gasteiger partial charge in [0.05, 0.1) is 0 Å². The van der Waals surface area contributed by atoms with Crippen molar-refractivity contribution in [2.75, 3.05) is 6.54 Å². The third-order valence-electron chi connectivity index (χ3n) is 1.87. The van der Waals surface area contributed by atoms with E-state index in [1.807, 2.05) is 6.07 Å². The molecule has 1 rings (SSSR count). The molecule has 74 valence electrons. The highest BCUT2D eigenvalue weighted by molar-refractivity contribution is 5.16. The van der Waals surface area contributed by atoms with Crippen LogP contribution in [0.4, 0.5) is 4.39 Å². The number of benzene rings is 1. The average molecular weight is 191 g/mol. The van der Waals surface area contributed by atoms with Crippen molar-refractivity contribution in [1.82, 2.24) is 5.32 Å². The van der Waals surface area contributed by atoms with E-state index < -0.39 is 0 Å². The van der Waals surface area contributed by atoms with Gasteiger partial charge in [-0.2, -0.15) is 0 Å². The van der Waals surface area contributed by atoms with Gasteiger partial charge in [-0.15, -0.1) is 0 Å². The minimum atomic E-state index is -0.163. The van der Waals surface area contributed by atoms with Crippen molar-refractivity contribution < 1.29 is 4.39 Å². The highest BCUT2D eigenvalue weighted by Gasteiger charge is 1.94. The van der Waals surface area contributed by atoms with Gasteiger partial charge < -0.3 is 5.32 Å². The number of aryl methyl sites for hydroxylation is 1. The zero-order valence-electron chi connectivity index (χ0n) is 8.31. The van der Waals surface area contributed by atoms with Crippen LogP contribution >= 0.6 is 0 Å². The fourth-order valence-electron chi connectivity index (χ4n) is 1.22. The van der Waals surface area contributed by atoms with E-state index in [0.29, 0.717) is 0 Å². The molecule has 0 aromatic heterocycles. The van der Waals surface area contributed by atoms with Gasteiger partial charge in [0.25, 0.3) is 0 Å². The van der Waals surface area contributed by atoms with Crippen molar-refractivity contribution >= 4 is 0 Å². The lowest BCUT2D eigenvalue weighted by Crippen LogP contribution is -2.08. The molecular weight excluding hydrogens is 177 g/mol. The number of rotatable bonds is 4. The van der Waals surface area contributed by atoms with Crippen LogP contribution < -0.4 is 5.32 Å². The molecule has 1 aromatic rings. The summed E-state index contributed by atoms with van der Waals surface area (Å²) < 4.78 is 12.8. The Hall–Kier alpha value is -1.49. The SMILES string of the molecule is CC#CNCCCc1cccc(F)c1. The van der Waals surface area contributed by atoms with Gasteiger partial charge in [0.1, 0.15) is 5.82 Å². The molecule has 0 amide bonds. The summed E-state index contributed by atoms with van der Waals surface area (Å²) in [4.78, 5) is 0. The standard InChI is InChI=1S/C12H14FN/c1-2-8-14-9-4-6-11-5-3-7-12(13)10-11/h3,5,7,10,14H,4,6,9H2,1H3. The summed E-state index contributed by atoms with van der Waals surface area (Å²) in [5.74, 6) is 2.59. The van der Waals surface area contributed by atoms with Crippen LogP contribution in [0.15, 0.2) is 24.3 Å². The Balaban J connectivity index is 2.27. The normalized spacial score (nSPS) is 9.00. The second-order valence-corrected chi connectivity index (χ2v) is 3.04. The van der Waals surface area contributed by atoms with Gasteiger partial charge in [0, 0.05) is 12.6 Å². The zero-order chi connectivity index (χ0) is 10.2. The zero-order valence-corrected chi connectivity index (χ0v) is 8.31. The number of nitrogens with one attached hydrogen (secondary N) is 1. The van der Waals surface area contributed by atoms with Crippen molar-refractivity contribution in [1.29, 1.82) is 0 Å². The van der Waals surface area contributed by atoms with Gasteiger partial charge in [-0.3, -0.25) is 0 Å². The fraction of sp³-hybridized carbons (Fsp3) is 0.333. The highest BCUT2D eigenvalue weighted by atomic mass is 19.1. The number of hydrogen-bond acceptors (Lipinski definition) is 1. The maximum absolute atomic E-state index is 12.8. The molecule has 1 nitrogen and oxygen atoms in total. The first-order valence-corrected chi connectivity index (χ1v) is 4.72. The first-order valence-electron chi connectivity index (χ1n) is 4.72. The monoisotopic (exact) mass is 191 g/mol. The molecule has 0 radical (unpaired) electrons. The summed E-state index contributed by atoms with van der Waals surface area (Å²) >= 11 is 0. The summed E-state index contributed by atoms with van der Waals surface area (Å²) in [5, 5.41) is 2.97. The molecule has 0 unspecified atom stereocenters. The molecule has 0 heterocycles. The van der Waals surface area contributed by atoms with E-state index in [0.717, 1.165) is 24.9 Å². The highest BCUT2D eigenvalue weighted by Crippen LogP contribution is 2.05. The second-order valence-electron chi connectivity index (χ2n) is 3.04. The second kappa shape index (κ2) is 6.04. The van der Waals surface area contributed by atoms with Gasteiger partial charge >= 0.3 is 0 Å². The van der Waals surface area contributed by atoms with E-state index >= 15 is 0 Å². The molecule has 14 heavy (non-hydrogen) atoms. The minimum absolute atomic E-state index is 0.163. The van der Waals surface area contributed by atoms with E-state index in [1.54, 1.807) is 19.1 Å². The number of hydrogen-bond donors (Lipinski definition) is 1. The number of halogens is 1. The molecule has 0 aliphatic carbocycles. The van der Waals surface area contributed by atoms with E-state index in [4.69, 9.17) is 0 Å². The Morgan fingerprint density at radius 2 is 2.29 bits per heavy atom. The lowest BCUT2D eigenvalue weighted by molar-refractivity contribution is 0.624. The van der Waals surface area contributed by atoms with Crippen LogP contribution in [0.2, 0.25) is 0 Å². The van der Waals surface area contributed by atoms with E-state index in [1.165, 1.54) is 6.07 Å². The lowest BCUT2D eigenvalue weighted by Gasteiger charge is -2.00.